The van der Waals surface area contributed by atoms with Gasteiger partial charge in [-0.2, -0.15) is 0 Å². The Bertz CT molecular complexity index is 328. The van der Waals surface area contributed by atoms with Gasteiger partial charge in [0.1, 0.15) is 12.1 Å². The van der Waals surface area contributed by atoms with E-state index in [0.717, 1.165) is 30.8 Å². The number of anilines is 1. The van der Waals surface area contributed by atoms with Crippen LogP contribution in [-0.4, -0.2) is 22.1 Å². The highest BCUT2D eigenvalue weighted by atomic mass is 15.1. The molecule has 0 aromatic carbocycles. The van der Waals surface area contributed by atoms with Crippen LogP contribution in [0.3, 0.4) is 0 Å². The van der Waals surface area contributed by atoms with Gasteiger partial charge in [-0.15, -0.1) is 0 Å². The van der Waals surface area contributed by atoms with Gasteiger partial charge in [-0.25, -0.2) is 9.97 Å². The average molecular weight is 206 g/mol. The summed E-state index contributed by atoms with van der Waals surface area (Å²) in [5, 5.41) is 3.44. The molecule has 1 saturated carbocycles. The van der Waals surface area contributed by atoms with E-state index in [-0.39, 0.29) is 5.54 Å². The number of aromatic nitrogens is 2. The molecule has 1 heterocycles. The second kappa shape index (κ2) is 4.14. The fourth-order valence-corrected chi connectivity index (χ4v) is 1.91. The lowest BCUT2D eigenvalue weighted by Crippen LogP contribution is -2.51. The fourth-order valence-electron chi connectivity index (χ4n) is 1.91. The van der Waals surface area contributed by atoms with Gasteiger partial charge < -0.3 is 11.1 Å². The van der Waals surface area contributed by atoms with Crippen LogP contribution in [0.15, 0.2) is 12.4 Å². The molecule has 4 heteroatoms. The third-order valence-corrected chi connectivity index (χ3v) is 3.18. The summed E-state index contributed by atoms with van der Waals surface area (Å²) in [5.74, 6) is 0.909. The quantitative estimate of drug-likeness (QED) is 0.780. The largest absolute Gasteiger partial charge is 0.363 e. The summed E-state index contributed by atoms with van der Waals surface area (Å²) in [4.78, 5) is 8.40. The highest BCUT2D eigenvalue weighted by molar-refractivity contribution is 5.39. The molecule has 4 nitrogen and oxygen atoms in total. The highest BCUT2D eigenvalue weighted by Crippen LogP contribution is 2.33. The summed E-state index contributed by atoms with van der Waals surface area (Å²) in [7, 11) is 0. The van der Waals surface area contributed by atoms with E-state index < -0.39 is 0 Å². The summed E-state index contributed by atoms with van der Waals surface area (Å²) in [5.41, 5.74) is 6.95. The molecule has 15 heavy (non-hydrogen) atoms. The van der Waals surface area contributed by atoms with Gasteiger partial charge in [0.05, 0.1) is 5.54 Å². The van der Waals surface area contributed by atoms with E-state index in [4.69, 9.17) is 5.73 Å². The molecule has 0 unspecified atom stereocenters. The maximum absolute atomic E-state index is 5.78. The standard InChI is InChI=1S/C11H18N4/c1-2-9-6-10(14-8-13-9)15-11(7-12)4-3-5-11/h6,8H,2-5,7,12H2,1H3,(H,13,14,15). The lowest BCUT2D eigenvalue weighted by molar-refractivity contribution is 0.286. The fraction of sp³-hybridized carbons (Fsp3) is 0.636. The SMILES string of the molecule is CCc1cc(NC2(CN)CCC2)ncn1. The van der Waals surface area contributed by atoms with E-state index in [1.54, 1.807) is 6.33 Å². The smallest absolute Gasteiger partial charge is 0.130 e. The number of rotatable bonds is 4. The van der Waals surface area contributed by atoms with E-state index in [9.17, 15) is 0 Å². The predicted octanol–water partition coefficient (Wildman–Crippen LogP) is 1.33. The monoisotopic (exact) mass is 206 g/mol. The summed E-state index contributed by atoms with van der Waals surface area (Å²) in [6, 6.07) is 2.01. The molecule has 82 valence electrons. The molecule has 3 N–H and O–H groups in total. The van der Waals surface area contributed by atoms with Gasteiger partial charge in [-0.1, -0.05) is 6.92 Å². The van der Waals surface area contributed by atoms with Crippen molar-refractivity contribution in [3.8, 4) is 0 Å². The molecule has 0 amide bonds. The van der Waals surface area contributed by atoms with Crippen molar-refractivity contribution in [3.63, 3.8) is 0 Å². The van der Waals surface area contributed by atoms with Gasteiger partial charge in [-0.3, -0.25) is 0 Å². The van der Waals surface area contributed by atoms with Crippen molar-refractivity contribution in [1.29, 1.82) is 0 Å². The van der Waals surface area contributed by atoms with E-state index in [1.165, 1.54) is 6.42 Å². The van der Waals surface area contributed by atoms with Crippen LogP contribution in [0.25, 0.3) is 0 Å². The molecule has 1 fully saturated rings. The second-order valence-corrected chi connectivity index (χ2v) is 4.21. The molecule has 0 atom stereocenters. The van der Waals surface area contributed by atoms with Crippen molar-refractivity contribution in [1.82, 2.24) is 9.97 Å². The number of aryl methyl sites for hydroxylation is 1. The normalized spacial score (nSPS) is 18.3. The third kappa shape index (κ3) is 2.09. The summed E-state index contributed by atoms with van der Waals surface area (Å²) < 4.78 is 0. The minimum absolute atomic E-state index is 0.0966. The molecule has 1 aliphatic rings. The van der Waals surface area contributed by atoms with Crippen molar-refractivity contribution in [2.24, 2.45) is 5.73 Å². The third-order valence-electron chi connectivity index (χ3n) is 3.18. The van der Waals surface area contributed by atoms with Crippen molar-refractivity contribution >= 4 is 5.82 Å². The van der Waals surface area contributed by atoms with E-state index in [2.05, 4.69) is 22.2 Å². The summed E-state index contributed by atoms with van der Waals surface area (Å²) in [6.07, 6.45) is 6.11. The van der Waals surface area contributed by atoms with Crippen LogP contribution in [0.5, 0.6) is 0 Å². The first-order valence-electron chi connectivity index (χ1n) is 5.57. The number of hydrogen-bond donors (Lipinski definition) is 2. The Kier molecular flexibility index (Phi) is 2.86. The van der Waals surface area contributed by atoms with Crippen LogP contribution < -0.4 is 11.1 Å². The average Bonchev–Trinajstić information content (AvgIpc) is 2.24. The molecular weight excluding hydrogens is 188 g/mol. The zero-order valence-electron chi connectivity index (χ0n) is 9.16. The first-order valence-corrected chi connectivity index (χ1v) is 5.57. The van der Waals surface area contributed by atoms with Gasteiger partial charge in [0.25, 0.3) is 0 Å². The molecule has 0 bridgehead atoms. The summed E-state index contributed by atoms with van der Waals surface area (Å²) >= 11 is 0. The molecule has 1 aliphatic carbocycles. The maximum atomic E-state index is 5.78. The molecular formula is C11H18N4. The minimum Gasteiger partial charge on any atom is -0.363 e. The lowest BCUT2D eigenvalue weighted by atomic mass is 9.77. The van der Waals surface area contributed by atoms with Crippen molar-refractivity contribution in [3.05, 3.63) is 18.1 Å². The Labute approximate surface area is 90.3 Å². The highest BCUT2D eigenvalue weighted by Gasteiger charge is 2.35. The first-order chi connectivity index (χ1) is 7.28. The summed E-state index contributed by atoms with van der Waals surface area (Å²) in [6.45, 7) is 2.77. The number of hydrogen-bond acceptors (Lipinski definition) is 4. The molecule has 0 aliphatic heterocycles. The van der Waals surface area contributed by atoms with Gasteiger partial charge >= 0.3 is 0 Å². The molecule has 1 aromatic heterocycles. The van der Waals surface area contributed by atoms with Crippen LogP contribution in [0, 0.1) is 0 Å². The topological polar surface area (TPSA) is 63.8 Å². The van der Waals surface area contributed by atoms with E-state index in [1.807, 2.05) is 6.07 Å². The molecule has 1 aromatic rings. The Morgan fingerprint density at radius 3 is 2.80 bits per heavy atom. The Morgan fingerprint density at radius 1 is 1.47 bits per heavy atom. The van der Waals surface area contributed by atoms with Crippen LogP contribution in [-0.2, 0) is 6.42 Å². The zero-order valence-corrected chi connectivity index (χ0v) is 9.16. The van der Waals surface area contributed by atoms with Crippen molar-refractivity contribution < 1.29 is 0 Å². The van der Waals surface area contributed by atoms with Crippen molar-refractivity contribution in [2.75, 3.05) is 11.9 Å². The van der Waals surface area contributed by atoms with Gasteiger partial charge in [-0.05, 0) is 25.7 Å². The number of nitrogens with zero attached hydrogens (tertiary/aromatic N) is 2. The lowest BCUT2D eigenvalue weighted by Gasteiger charge is -2.42. The number of nitrogens with one attached hydrogen (secondary N) is 1. The zero-order chi connectivity index (χ0) is 10.7. The molecule has 0 radical (unpaired) electrons. The van der Waals surface area contributed by atoms with Crippen LogP contribution in [0.4, 0.5) is 5.82 Å². The Balaban J connectivity index is 2.09. The van der Waals surface area contributed by atoms with Gasteiger partial charge in [0.15, 0.2) is 0 Å². The van der Waals surface area contributed by atoms with E-state index >= 15 is 0 Å². The van der Waals surface area contributed by atoms with Crippen LogP contribution >= 0.6 is 0 Å². The Morgan fingerprint density at radius 2 is 2.27 bits per heavy atom. The molecule has 0 saturated heterocycles. The van der Waals surface area contributed by atoms with Gasteiger partial charge in [0.2, 0.25) is 0 Å². The van der Waals surface area contributed by atoms with E-state index in [0.29, 0.717) is 6.54 Å². The molecule has 0 spiro atoms. The second-order valence-electron chi connectivity index (χ2n) is 4.21. The van der Waals surface area contributed by atoms with Crippen molar-refractivity contribution in [2.45, 2.75) is 38.1 Å². The van der Waals surface area contributed by atoms with Gasteiger partial charge in [0, 0.05) is 18.3 Å². The Hall–Kier alpha value is -1.16. The van der Waals surface area contributed by atoms with Crippen LogP contribution in [0.2, 0.25) is 0 Å². The minimum atomic E-state index is 0.0966. The first kappa shape index (κ1) is 10.4. The predicted molar refractivity (Wildman–Crippen MR) is 60.7 cm³/mol. The van der Waals surface area contributed by atoms with Crippen LogP contribution in [0.1, 0.15) is 31.9 Å². The maximum Gasteiger partial charge on any atom is 0.130 e. The molecule has 2 rings (SSSR count). The number of nitrogens with two attached hydrogens (primary N) is 1.